The number of nitrogens with one attached hydrogen (secondary N) is 1. The van der Waals surface area contributed by atoms with Gasteiger partial charge in [-0.2, -0.15) is 0 Å². The van der Waals surface area contributed by atoms with Crippen LogP contribution in [0.5, 0.6) is 0 Å². The largest absolute Gasteiger partial charge is 0.383 e. The van der Waals surface area contributed by atoms with E-state index in [4.69, 9.17) is 0 Å². The van der Waals surface area contributed by atoms with Gasteiger partial charge in [0.2, 0.25) is 0 Å². The number of anilines is 1. The molecule has 5 nitrogen and oxygen atoms in total. The topological polar surface area (TPSA) is 58.4 Å². The van der Waals surface area contributed by atoms with Gasteiger partial charge in [-0.25, -0.2) is 0 Å². The van der Waals surface area contributed by atoms with Gasteiger partial charge in [0.15, 0.2) is 0 Å². The predicted octanol–water partition coefficient (Wildman–Crippen LogP) is 2.49. The minimum atomic E-state index is -0.366. The standard InChI is InChI=1S/C13H19N3O2/c1-11(15-7-2-3-8-15)10-14-12-5-4-6-13(9-12)16(17)18/h4-6,9,11,14H,2-3,7-8,10H2,1H3. The molecule has 0 aromatic heterocycles. The lowest BCUT2D eigenvalue weighted by atomic mass is 10.2. The van der Waals surface area contributed by atoms with Gasteiger partial charge in [-0.3, -0.25) is 15.0 Å². The molecule has 1 unspecified atom stereocenters. The van der Waals surface area contributed by atoms with E-state index in [0.717, 1.165) is 25.3 Å². The molecule has 1 atom stereocenters. The van der Waals surface area contributed by atoms with E-state index < -0.39 is 0 Å². The highest BCUT2D eigenvalue weighted by molar-refractivity contribution is 5.50. The summed E-state index contributed by atoms with van der Waals surface area (Å²) < 4.78 is 0. The highest BCUT2D eigenvalue weighted by atomic mass is 16.6. The van der Waals surface area contributed by atoms with Gasteiger partial charge in [0, 0.05) is 30.4 Å². The van der Waals surface area contributed by atoms with Crippen LogP contribution in [0.3, 0.4) is 0 Å². The van der Waals surface area contributed by atoms with Gasteiger partial charge in [0.1, 0.15) is 0 Å². The number of likely N-dealkylation sites (tertiary alicyclic amines) is 1. The molecule has 1 aromatic carbocycles. The zero-order valence-electron chi connectivity index (χ0n) is 10.6. The molecular weight excluding hydrogens is 230 g/mol. The molecule has 18 heavy (non-hydrogen) atoms. The molecule has 0 saturated carbocycles. The molecule has 98 valence electrons. The lowest BCUT2D eigenvalue weighted by Gasteiger charge is -2.24. The zero-order chi connectivity index (χ0) is 13.0. The van der Waals surface area contributed by atoms with Crippen molar-refractivity contribution in [2.45, 2.75) is 25.8 Å². The Morgan fingerprint density at radius 2 is 2.17 bits per heavy atom. The number of non-ortho nitro benzene ring substituents is 1. The van der Waals surface area contributed by atoms with Crippen molar-refractivity contribution in [1.82, 2.24) is 4.90 Å². The first-order valence-corrected chi connectivity index (χ1v) is 6.39. The lowest BCUT2D eigenvalue weighted by molar-refractivity contribution is -0.384. The molecule has 2 rings (SSSR count). The number of benzene rings is 1. The zero-order valence-corrected chi connectivity index (χ0v) is 10.6. The van der Waals surface area contributed by atoms with Crippen LogP contribution < -0.4 is 5.32 Å². The summed E-state index contributed by atoms with van der Waals surface area (Å²) >= 11 is 0. The van der Waals surface area contributed by atoms with Crippen molar-refractivity contribution in [1.29, 1.82) is 0 Å². The Labute approximate surface area is 107 Å². The van der Waals surface area contributed by atoms with E-state index in [1.165, 1.54) is 18.9 Å². The first-order valence-electron chi connectivity index (χ1n) is 6.39. The predicted molar refractivity (Wildman–Crippen MR) is 71.9 cm³/mol. The van der Waals surface area contributed by atoms with Crippen LogP contribution >= 0.6 is 0 Å². The molecule has 1 saturated heterocycles. The Kier molecular flexibility index (Phi) is 4.15. The number of nitrogens with zero attached hydrogens (tertiary/aromatic N) is 2. The van der Waals surface area contributed by atoms with Crippen molar-refractivity contribution in [3.8, 4) is 0 Å². The van der Waals surface area contributed by atoms with Crippen molar-refractivity contribution in [3.63, 3.8) is 0 Å². The van der Waals surface area contributed by atoms with E-state index in [9.17, 15) is 10.1 Å². The molecular formula is C13H19N3O2. The molecule has 1 heterocycles. The second kappa shape index (κ2) is 5.82. The third kappa shape index (κ3) is 3.20. The number of hydrogen-bond acceptors (Lipinski definition) is 4. The van der Waals surface area contributed by atoms with Crippen LogP contribution in [0.1, 0.15) is 19.8 Å². The quantitative estimate of drug-likeness (QED) is 0.643. The van der Waals surface area contributed by atoms with Gasteiger partial charge in [0.25, 0.3) is 5.69 Å². The van der Waals surface area contributed by atoms with E-state index in [0.29, 0.717) is 6.04 Å². The van der Waals surface area contributed by atoms with Crippen LogP contribution in [0.15, 0.2) is 24.3 Å². The first kappa shape index (κ1) is 12.8. The van der Waals surface area contributed by atoms with Crippen LogP contribution in [0.2, 0.25) is 0 Å². The van der Waals surface area contributed by atoms with E-state index in [2.05, 4.69) is 17.1 Å². The van der Waals surface area contributed by atoms with Crippen LogP contribution in [0, 0.1) is 10.1 Å². The molecule has 0 aliphatic carbocycles. The van der Waals surface area contributed by atoms with E-state index >= 15 is 0 Å². The Hall–Kier alpha value is -1.62. The fraction of sp³-hybridized carbons (Fsp3) is 0.538. The highest BCUT2D eigenvalue weighted by Gasteiger charge is 2.17. The van der Waals surface area contributed by atoms with E-state index in [-0.39, 0.29) is 10.6 Å². The molecule has 1 aliphatic heterocycles. The third-order valence-corrected chi connectivity index (χ3v) is 3.42. The van der Waals surface area contributed by atoms with Gasteiger partial charge in [-0.1, -0.05) is 6.07 Å². The monoisotopic (exact) mass is 249 g/mol. The van der Waals surface area contributed by atoms with Gasteiger partial charge >= 0.3 is 0 Å². The Balaban J connectivity index is 1.89. The fourth-order valence-corrected chi connectivity index (χ4v) is 2.31. The maximum Gasteiger partial charge on any atom is 0.271 e. The van der Waals surface area contributed by atoms with Gasteiger partial charge in [-0.05, 0) is 38.9 Å². The molecule has 1 N–H and O–H groups in total. The van der Waals surface area contributed by atoms with E-state index in [1.54, 1.807) is 12.1 Å². The molecule has 0 radical (unpaired) electrons. The summed E-state index contributed by atoms with van der Waals surface area (Å²) in [4.78, 5) is 12.8. The lowest BCUT2D eigenvalue weighted by Crippen LogP contribution is -2.35. The number of nitro groups is 1. The van der Waals surface area contributed by atoms with Crippen molar-refractivity contribution in [2.24, 2.45) is 0 Å². The third-order valence-electron chi connectivity index (χ3n) is 3.42. The minimum absolute atomic E-state index is 0.133. The van der Waals surface area contributed by atoms with Crippen molar-refractivity contribution >= 4 is 11.4 Å². The highest BCUT2D eigenvalue weighted by Crippen LogP contribution is 2.18. The minimum Gasteiger partial charge on any atom is -0.383 e. The normalized spacial score (nSPS) is 17.6. The summed E-state index contributed by atoms with van der Waals surface area (Å²) in [6, 6.07) is 7.13. The van der Waals surface area contributed by atoms with Crippen LogP contribution in [-0.2, 0) is 0 Å². The fourth-order valence-electron chi connectivity index (χ4n) is 2.31. The Bertz CT molecular complexity index is 416. The summed E-state index contributed by atoms with van der Waals surface area (Å²) in [6.45, 7) is 5.34. The number of nitro benzene ring substituents is 1. The summed E-state index contributed by atoms with van der Waals surface area (Å²) in [7, 11) is 0. The second-order valence-electron chi connectivity index (χ2n) is 4.78. The summed E-state index contributed by atoms with van der Waals surface area (Å²) in [6.07, 6.45) is 2.56. The molecule has 0 spiro atoms. The van der Waals surface area contributed by atoms with Crippen LogP contribution in [0.4, 0.5) is 11.4 Å². The molecule has 0 bridgehead atoms. The SMILES string of the molecule is CC(CNc1cccc([N+](=O)[O-])c1)N1CCCC1. The Morgan fingerprint density at radius 1 is 1.44 bits per heavy atom. The molecule has 1 aliphatic rings. The van der Waals surface area contributed by atoms with Gasteiger partial charge in [-0.15, -0.1) is 0 Å². The first-order chi connectivity index (χ1) is 8.66. The van der Waals surface area contributed by atoms with Gasteiger partial charge in [0.05, 0.1) is 4.92 Å². The molecule has 1 aromatic rings. The number of rotatable bonds is 5. The molecule has 0 amide bonds. The van der Waals surface area contributed by atoms with Gasteiger partial charge < -0.3 is 5.32 Å². The maximum atomic E-state index is 10.7. The van der Waals surface area contributed by atoms with Crippen LogP contribution in [-0.4, -0.2) is 35.5 Å². The molecule has 5 heteroatoms. The summed E-state index contributed by atoms with van der Waals surface area (Å²) in [5, 5.41) is 13.9. The smallest absolute Gasteiger partial charge is 0.271 e. The summed E-state index contributed by atoms with van der Waals surface area (Å²) in [5.41, 5.74) is 0.948. The van der Waals surface area contributed by atoms with E-state index in [1.807, 2.05) is 6.07 Å². The van der Waals surface area contributed by atoms with Crippen LogP contribution in [0.25, 0.3) is 0 Å². The average Bonchev–Trinajstić information content (AvgIpc) is 2.90. The molecule has 1 fully saturated rings. The second-order valence-corrected chi connectivity index (χ2v) is 4.78. The summed E-state index contributed by atoms with van der Waals surface area (Å²) in [5.74, 6) is 0. The number of hydrogen-bond donors (Lipinski definition) is 1. The Morgan fingerprint density at radius 3 is 2.83 bits per heavy atom. The average molecular weight is 249 g/mol. The van der Waals surface area contributed by atoms with Crippen molar-refractivity contribution in [2.75, 3.05) is 25.0 Å². The van der Waals surface area contributed by atoms with Crippen molar-refractivity contribution in [3.05, 3.63) is 34.4 Å². The maximum absolute atomic E-state index is 10.7. The van der Waals surface area contributed by atoms with Crippen molar-refractivity contribution < 1.29 is 4.92 Å².